The van der Waals surface area contributed by atoms with Gasteiger partial charge in [0.2, 0.25) is 0 Å². The van der Waals surface area contributed by atoms with Crippen LogP contribution in [0.15, 0.2) is 12.4 Å². The molecule has 248 valence electrons. The van der Waals surface area contributed by atoms with E-state index in [1.165, 1.54) is 205 Å². The number of hydrogen-bond acceptors (Lipinski definition) is 0. The van der Waals surface area contributed by atoms with Gasteiger partial charge in [-0.15, -0.1) is 0 Å². The first kappa shape index (κ1) is 39.2. The van der Waals surface area contributed by atoms with Gasteiger partial charge >= 0.3 is 0 Å². The molecule has 0 saturated carbocycles. The van der Waals surface area contributed by atoms with Crippen molar-refractivity contribution in [3.8, 4) is 0 Å². The average Bonchev–Trinajstić information content (AvgIpc) is 3.49. The lowest BCUT2D eigenvalue weighted by atomic mass is 9.92. The van der Waals surface area contributed by atoms with E-state index in [0.717, 1.165) is 0 Å². The lowest BCUT2D eigenvalue weighted by Crippen LogP contribution is -2.41. The highest BCUT2D eigenvalue weighted by Crippen LogP contribution is 2.27. The summed E-state index contributed by atoms with van der Waals surface area (Å²) >= 11 is 0. The molecule has 0 aliphatic rings. The van der Waals surface area contributed by atoms with E-state index < -0.39 is 0 Å². The molecule has 0 saturated heterocycles. The minimum atomic E-state index is 0.613. The van der Waals surface area contributed by atoms with Crippen LogP contribution in [-0.2, 0) is 0 Å². The maximum absolute atomic E-state index is 3.70. The highest BCUT2D eigenvalue weighted by atomic mass is 15.1. The second-order valence-electron chi connectivity index (χ2n) is 14.0. The van der Waals surface area contributed by atoms with Crippen LogP contribution in [0.4, 0.5) is 0 Å². The number of nitrogens with one attached hydrogen (secondary N) is 1. The molecule has 1 heterocycles. The Morgan fingerprint density at radius 3 is 1.12 bits per heavy atom. The zero-order valence-corrected chi connectivity index (χ0v) is 29.7. The van der Waals surface area contributed by atoms with Crippen LogP contribution in [-0.4, -0.2) is 4.98 Å². The van der Waals surface area contributed by atoms with E-state index in [1.54, 1.807) is 0 Å². The Balaban J connectivity index is 2.22. The molecule has 0 aromatic carbocycles. The summed E-state index contributed by atoms with van der Waals surface area (Å²) < 4.78 is 2.58. The Morgan fingerprint density at radius 2 is 0.786 bits per heavy atom. The zero-order valence-electron chi connectivity index (χ0n) is 29.7. The van der Waals surface area contributed by atoms with Crippen molar-refractivity contribution in [3.63, 3.8) is 0 Å². The van der Waals surface area contributed by atoms with Gasteiger partial charge in [-0.1, -0.05) is 201 Å². The van der Waals surface area contributed by atoms with Crippen molar-refractivity contribution in [2.75, 3.05) is 0 Å². The van der Waals surface area contributed by atoms with Crippen LogP contribution in [0.2, 0.25) is 0 Å². The normalized spacial score (nSPS) is 13.1. The number of imidazole rings is 1. The lowest BCUT2D eigenvalue weighted by Gasteiger charge is -2.17. The summed E-state index contributed by atoms with van der Waals surface area (Å²) in [5.41, 5.74) is 0. The zero-order chi connectivity index (χ0) is 30.4. The Hall–Kier alpha value is -0.790. The number of aromatic nitrogens is 2. The molecule has 0 aliphatic heterocycles. The van der Waals surface area contributed by atoms with E-state index in [-0.39, 0.29) is 0 Å². The number of H-pyrrole nitrogens is 1. The Bertz CT molecular complexity index is 650. The SMILES string of the molecule is CCCCCCCCCCCCCCCCCC(CCCCCCCCCCCCCC)c1[nH]cc[n+]1C(C)CCC. The summed E-state index contributed by atoms with van der Waals surface area (Å²) in [6.07, 6.45) is 48.8. The number of aromatic amines is 1. The molecule has 2 heteroatoms. The second kappa shape index (κ2) is 30.2. The third-order valence-electron chi connectivity index (χ3n) is 9.87. The molecule has 0 radical (unpaired) electrons. The quantitative estimate of drug-likeness (QED) is 0.0623. The van der Waals surface area contributed by atoms with Gasteiger partial charge in [0.1, 0.15) is 12.4 Å². The van der Waals surface area contributed by atoms with Crippen LogP contribution in [0.1, 0.15) is 245 Å². The fourth-order valence-corrected chi connectivity index (χ4v) is 7.04. The standard InChI is InChI=1S/C40H78N2/c1-5-8-10-12-14-16-18-20-21-22-24-26-28-30-32-35-39(40-41-36-37-42(40)38(4)33-7-3)34-31-29-27-25-23-19-17-15-13-11-9-6-2/h36-39H,5-35H2,1-4H3/p+1. The number of unbranched alkanes of at least 4 members (excludes halogenated alkanes) is 25. The molecule has 1 aromatic rings. The van der Waals surface area contributed by atoms with Crippen LogP contribution < -0.4 is 4.57 Å². The van der Waals surface area contributed by atoms with Gasteiger partial charge in [0.15, 0.2) is 0 Å². The Labute approximate surface area is 266 Å². The molecule has 2 atom stereocenters. The molecular weight excluding hydrogens is 508 g/mol. The predicted molar refractivity (Wildman–Crippen MR) is 189 cm³/mol. The molecule has 0 amide bonds. The van der Waals surface area contributed by atoms with Crippen molar-refractivity contribution in [2.24, 2.45) is 0 Å². The first-order valence-corrected chi connectivity index (χ1v) is 19.8. The van der Waals surface area contributed by atoms with Gasteiger partial charge in [-0.05, 0) is 26.2 Å². The summed E-state index contributed by atoms with van der Waals surface area (Å²) in [5, 5.41) is 0. The maximum atomic E-state index is 3.70. The van der Waals surface area contributed by atoms with Crippen molar-refractivity contribution in [1.29, 1.82) is 0 Å². The molecule has 2 nitrogen and oxygen atoms in total. The Kier molecular flexibility index (Phi) is 28.3. The summed E-state index contributed by atoms with van der Waals surface area (Å²) in [6, 6.07) is 0.613. The molecule has 0 fully saturated rings. The van der Waals surface area contributed by atoms with E-state index in [4.69, 9.17) is 0 Å². The summed E-state index contributed by atoms with van der Waals surface area (Å²) in [5.74, 6) is 2.23. The third kappa shape index (κ3) is 21.8. The highest BCUT2D eigenvalue weighted by molar-refractivity contribution is 4.90. The molecule has 1 aromatic heterocycles. The summed E-state index contributed by atoms with van der Waals surface area (Å²) in [7, 11) is 0. The van der Waals surface area contributed by atoms with Crippen LogP contribution in [0.5, 0.6) is 0 Å². The third-order valence-corrected chi connectivity index (χ3v) is 9.87. The van der Waals surface area contributed by atoms with Gasteiger partial charge in [0.25, 0.3) is 5.82 Å². The largest absolute Gasteiger partial charge is 0.257 e. The fraction of sp³-hybridized carbons (Fsp3) is 0.925. The molecular formula is C40H79N2+. The number of hydrogen-bond donors (Lipinski definition) is 1. The van der Waals surface area contributed by atoms with E-state index in [1.807, 2.05) is 0 Å². The van der Waals surface area contributed by atoms with Crippen LogP contribution >= 0.6 is 0 Å². The van der Waals surface area contributed by atoms with Gasteiger partial charge < -0.3 is 0 Å². The van der Waals surface area contributed by atoms with E-state index in [2.05, 4.69) is 49.6 Å². The Morgan fingerprint density at radius 1 is 0.452 bits per heavy atom. The fourth-order valence-electron chi connectivity index (χ4n) is 7.04. The first-order chi connectivity index (χ1) is 20.7. The molecule has 0 spiro atoms. The van der Waals surface area contributed by atoms with E-state index in [0.29, 0.717) is 12.0 Å². The van der Waals surface area contributed by atoms with E-state index in [9.17, 15) is 0 Å². The molecule has 42 heavy (non-hydrogen) atoms. The first-order valence-electron chi connectivity index (χ1n) is 19.8. The molecule has 2 unspecified atom stereocenters. The maximum Gasteiger partial charge on any atom is 0.257 e. The molecule has 1 rings (SSSR count). The van der Waals surface area contributed by atoms with Gasteiger partial charge in [-0.2, -0.15) is 0 Å². The number of rotatable bonds is 33. The van der Waals surface area contributed by atoms with Crippen molar-refractivity contribution in [3.05, 3.63) is 18.2 Å². The minimum Gasteiger partial charge on any atom is -0.247 e. The van der Waals surface area contributed by atoms with Crippen LogP contribution in [0.3, 0.4) is 0 Å². The molecule has 0 bridgehead atoms. The summed E-state index contributed by atoms with van der Waals surface area (Å²) in [6.45, 7) is 9.36. The van der Waals surface area contributed by atoms with Crippen molar-refractivity contribution in [1.82, 2.24) is 4.98 Å². The van der Waals surface area contributed by atoms with Crippen molar-refractivity contribution < 1.29 is 4.57 Å². The van der Waals surface area contributed by atoms with Gasteiger partial charge in [0, 0.05) is 0 Å². The average molecular weight is 588 g/mol. The van der Waals surface area contributed by atoms with Crippen molar-refractivity contribution in [2.45, 2.75) is 239 Å². The monoisotopic (exact) mass is 588 g/mol. The second-order valence-corrected chi connectivity index (χ2v) is 14.0. The van der Waals surface area contributed by atoms with Gasteiger partial charge in [0.05, 0.1) is 12.0 Å². The van der Waals surface area contributed by atoms with Crippen LogP contribution in [0, 0.1) is 0 Å². The lowest BCUT2D eigenvalue weighted by molar-refractivity contribution is -0.727. The number of nitrogens with zero attached hydrogens (tertiary/aromatic N) is 1. The summed E-state index contributed by atoms with van der Waals surface area (Å²) in [4.78, 5) is 3.70. The van der Waals surface area contributed by atoms with Crippen molar-refractivity contribution >= 4 is 0 Å². The predicted octanol–water partition coefficient (Wildman–Crippen LogP) is 14.1. The smallest absolute Gasteiger partial charge is 0.247 e. The van der Waals surface area contributed by atoms with Gasteiger partial charge in [-0.3, -0.25) is 0 Å². The minimum absolute atomic E-state index is 0.613. The topological polar surface area (TPSA) is 19.7 Å². The highest BCUT2D eigenvalue weighted by Gasteiger charge is 2.25. The molecule has 0 aliphatic carbocycles. The van der Waals surface area contributed by atoms with E-state index >= 15 is 0 Å². The van der Waals surface area contributed by atoms with Crippen LogP contribution in [0.25, 0.3) is 0 Å². The van der Waals surface area contributed by atoms with Gasteiger partial charge in [-0.25, -0.2) is 9.55 Å². The molecule has 1 N–H and O–H groups in total.